The van der Waals surface area contributed by atoms with Crippen LogP contribution in [0, 0.1) is 0 Å². The summed E-state index contributed by atoms with van der Waals surface area (Å²) in [6, 6.07) is 5.18. The fourth-order valence-corrected chi connectivity index (χ4v) is 2.67. The average molecular weight is 307 g/mol. The van der Waals surface area contributed by atoms with E-state index < -0.39 is 5.97 Å². The average Bonchev–Trinajstić information content (AvgIpc) is 2.85. The maximum absolute atomic E-state index is 11.8. The Kier molecular flexibility index (Phi) is 5.10. The Morgan fingerprint density at radius 3 is 3.00 bits per heavy atom. The highest BCUT2D eigenvalue weighted by Gasteiger charge is 2.09. The van der Waals surface area contributed by atoms with Crippen LogP contribution in [0.25, 0.3) is 10.2 Å². The lowest BCUT2D eigenvalue weighted by Gasteiger charge is -2.14. The summed E-state index contributed by atoms with van der Waals surface area (Å²) in [5.74, 6) is -0.815. The largest absolute Gasteiger partial charge is 0.481 e. The molecule has 2 aromatic rings. The van der Waals surface area contributed by atoms with Crippen LogP contribution in [-0.2, 0) is 4.79 Å². The smallest absolute Gasteiger partial charge is 0.319 e. The van der Waals surface area contributed by atoms with Gasteiger partial charge in [-0.2, -0.15) is 0 Å². The number of carboxylic acid groups (broad SMARTS) is 1. The van der Waals surface area contributed by atoms with E-state index in [0.717, 1.165) is 10.2 Å². The van der Waals surface area contributed by atoms with Crippen LogP contribution in [0.1, 0.15) is 26.2 Å². The lowest BCUT2D eigenvalue weighted by atomic mass is 10.1. The fraction of sp³-hybridized carbons (Fsp3) is 0.357. The van der Waals surface area contributed by atoms with Crippen molar-refractivity contribution in [3.8, 4) is 0 Å². The van der Waals surface area contributed by atoms with Crippen molar-refractivity contribution < 1.29 is 14.7 Å². The summed E-state index contributed by atoms with van der Waals surface area (Å²) in [6.07, 6.45) is 1.30. The number of aliphatic carboxylic acids is 1. The van der Waals surface area contributed by atoms with E-state index in [2.05, 4.69) is 15.6 Å². The molecule has 0 saturated carbocycles. The second kappa shape index (κ2) is 7.03. The monoisotopic (exact) mass is 307 g/mol. The van der Waals surface area contributed by atoms with E-state index in [1.807, 2.05) is 19.1 Å². The molecule has 112 valence electrons. The van der Waals surface area contributed by atoms with Crippen molar-refractivity contribution in [3.63, 3.8) is 0 Å². The van der Waals surface area contributed by atoms with Crippen molar-refractivity contribution in [3.05, 3.63) is 23.7 Å². The first-order valence-corrected chi connectivity index (χ1v) is 7.55. The molecule has 2 rings (SSSR count). The van der Waals surface area contributed by atoms with Gasteiger partial charge in [-0.05, 0) is 38.0 Å². The quantitative estimate of drug-likeness (QED) is 0.765. The number of carboxylic acids is 1. The van der Waals surface area contributed by atoms with Crippen molar-refractivity contribution >= 4 is 39.2 Å². The van der Waals surface area contributed by atoms with E-state index in [1.54, 1.807) is 11.6 Å². The Hall–Kier alpha value is -2.15. The summed E-state index contributed by atoms with van der Waals surface area (Å²) in [6.45, 7) is 1.85. The predicted octanol–water partition coefficient (Wildman–Crippen LogP) is 3.06. The van der Waals surface area contributed by atoms with Gasteiger partial charge in [0.2, 0.25) is 0 Å². The van der Waals surface area contributed by atoms with Crippen LogP contribution in [-0.4, -0.2) is 28.1 Å². The fourth-order valence-electron chi connectivity index (χ4n) is 1.96. The third-order valence-corrected chi connectivity index (χ3v) is 3.79. The van der Waals surface area contributed by atoms with Crippen LogP contribution < -0.4 is 10.6 Å². The van der Waals surface area contributed by atoms with Gasteiger partial charge in [0, 0.05) is 18.2 Å². The molecule has 1 unspecified atom stereocenters. The maximum Gasteiger partial charge on any atom is 0.319 e. The molecule has 1 atom stereocenters. The van der Waals surface area contributed by atoms with Gasteiger partial charge in [-0.15, -0.1) is 11.3 Å². The zero-order valence-corrected chi connectivity index (χ0v) is 12.4. The maximum atomic E-state index is 11.8. The van der Waals surface area contributed by atoms with E-state index >= 15 is 0 Å². The molecule has 0 saturated heterocycles. The predicted molar refractivity (Wildman–Crippen MR) is 82.7 cm³/mol. The molecule has 0 aliphatic rings. The van der Waals surface area contributed by atoms with E-state index in [0.29, 0.717) is 18.5 Å². The molecular weight excluding hydrogens is 290 g/mol. The molecule has 1 aromatic heterocycles. The summed E-state index contributed by atoms with van der Waals surface area (Å²) >= 11 is 1.52. The number of fused-ring (bicyclic) bond motifs is 1. The normalized spacial score (nSPS) is 12.0. The number of amides is 2. The van der Waals surface area contributed by atoms with Gasteiger partial charge in [-0.3, -0.25) is 4.79 Å². The topological polar surface area (TPSA) is 91.3 Å². The molecule has 0 radical (unpaired) electrons. The Labute approximate surface area is 126 Å². The van der Waals surface area contributed by atoms with Crippen LogP contribution in [0.5, 0.6) is 0 Å². The van der Waals surface area contributed by atoms with Gasteiger partial charge in [0.25, 0.3) is 0 Å². The molecule has 0 aliphatic heterocycles. The summed E-state index contributed by atoms with van der Waals surface area (Å²) < 4.78 is 1.02. The van der Waals surface area contributed by atoms with Crippen LogP contribution in [0.3, 0.4) is 0 Å². The number of benzene rings is 1. The highest BCUT2D eigenvalue weighted by atomic mass is 32.1. The number of carbonyl (C=O) groups excluding carboxylic acids is 1. The van der Waals surface area contributed by atoms with Crippen molar-refractivity contribution in [2.24, 2.45) is 0 Å². The number of aromatic nitrogens is 1. The first-order valence-electron chi connectivity index (χ1n) is 6.67. The molecule has 0 spiro atoms. The van der Waals surface area contributed by atoms with Crippen LogP contribution in [0.2, 0.25) is 0 Å². The molecule has 0 fully saturated rings. The number of rotatable bonds is 6. The van der Waals surface area contributed by atoms with Gasteiger partial charge >= 0.3 is 12.0 Å². The zero-order valence-electron chi connectivity index (χ0n) is 11.6. The number of anilines is 1. The molecule has 0 bridgehead atoms. The minimum atomic E-state index is -0.815. The number of nitrogens with one attached hydrogen (secondary N) is 2. The minimum Gasteiger partial charge on any atom is -0.481 e. The first kappa shape index (κ1) is 15.2. The van der Waals surface area contributed by atoms with E-state index in [-0.39, 0.29) is 18.5 Å². The molecule has 3 N–H and O–H groups in total. The molecule has 1 aromatic carbocycles. The number of thiazole rings is 1. The van der Waals surface area contributed by atoms with Crippen molar-refractivity contribution in [2.75, 3.05) is 5.32 Å². The van der Waals surface area contributed by atoms with E-state index in [1.165, 1.54) is 11.3 Å². The number of nitrogens with zero attached hydrogens (tertiary/aromatic N) is 1. The molecule has 6 nitrogen and oxygen atoms in total. The Bertz CT molecular complexity index is 641. The SMILES string of the molecule is CC(CCCC(=O)O)NC(=O)Nc1ccc2ncsc2c1. The molecule has 2 amide bonds. The highest BCUT2D eigenvalue weighted by Crippen LogP contribution is 2.21. The summed E-state index contributed by atoms with van der Waals surface area (Å²) in [5.41, 5.74) is 3.38. The van der Waals surface area contributed by atoms with Crippen molar-refractivity contribution in [2.45, 2.75) is 32.2 Å². The molecule has 21 heavy (non-hydrogen) atoms. The van der Waals surface area contributed by atoms with E-state index in [4.69, 9.17) is 5.11 Å². The number of carbonyl (C=O) groups is 2. The summed E-state index contributed by atoms with van der Waals surface area (Å²) in [4.78, 5) is 26.4. The summed E-state index contributed by atoms with van der Waals surface area (Å²) in [5, 5.41) is 14.1. The van der Waals surface area contributed by atoms with Gasteiger partial charge < -0.3 is 15.7 Å². The van der Waals surface area contributed by atoms with Gasteiger partial charge in [0.15, 0.2) is 0 Å². The molecule has 7 heteroatoms. The number of urea groups is 1. The molecular formula is C14H17N3O3S. The van der Waals surface area contributed by atoms with Gasteiger partial charge in [0.1, 0.15) is 0 Å². The minimum absolute atomic E-state index is 0.0727. The Morgan fingerprint density at radius 2 is 2.24 bits per heavy atom. The summed E-state index contributed by atoms with van der Waals surface area (Å²) in [7, 11) is 0. The van der Waals surface area contributed by atoms with Crippen LogP contribution in [0.4, 0.5) is 10.5 Å². The molecule has 0 aliphatic carbocycles. The third kappa shape index (κ3) is 4.71. The van der Waals surface area contributed by atoms with Crippen molar-refractivity contribution in [1.82, 2.24) is 10.3 Å². The standard InChI is InChI=1S/C14H17N3O3S/c1-9(3-2-4-13(18)19)16-14(20)17-10-5-6-11-12(7-10)21-8-15-11/h5-9H,2-4H2,1H3,(H,18,19)(H2,16,17,20). The number of hydrogen-bond acceptors (Lipinski definition) is 4. The van der Waals surface area contributed by atoms with Gasteiger partial charge in [-0.25, -0.2) is 9.78 Å². The molecule has 1 heterocycles. The second-order valence-corrected chi connectivity index (χ2v) is 5.71. The lowest BCUT2D eigenvalue weighted by Crippen LogP contribution is -2.36. The van der Waals surface area contributed by atoms with Gasteiger partial charge in [0.05, 0.1) is 15.7 Å². The second-order valence-electron chi connectivity index (χ2n) is 4.82. The van der Waals surface area contributed by atoms with Gasteiger partial charge in [-0.1, -0.05) is 0 Å². The Morgan fingerprint density at radius 1 is 1.43 bits per heavy atom. The first-order chi connectivity index (χ1) is 10.0. The third-order valence-electron chi connectivity index (χ3n) is 2.99. The zero-order chi connectivity index (χ0) is 15.2. The van der Waals surface area contributed by atoms with Crippen molar-refractivity contribution in [1.29, 1.82) is 0 Å². The highest BCUT2D eigenvalue weighted by molar-refractivity contribution is 7.16. The van der Waals surface area contributed by atoms with Crippen LogP contribution in [0.15, 0.2) is 23.7 Å². The van der Waals surface area contributed by atoms with Crippen LogP contribution >= 0.6 is 11.3 Å². The van der Waals surface area contributed by atoms with E-state index in [9.17, 15) is 9.59 Å². The Balaban J connectivity index is 1.81. The lowest BCUT2D eigenvalue weighted by molar-refractivity contribution is -0.137. The number of hydrogen-bond donors (Lipinski definition) is 3.